The van der Waals surface area contributed by atoms with Crippen molar-refractivity contribution in [1.82, 2.24) is 15.3 Å². The molecule has 0 atom stereocenters. The summed E-state index contributed by atoms with van der Waals surface area (Å²) in [6.45, 7) is 2.66. The first-order valence-corrected chi connectivity index (χ1v) is 6.14. The van der Waals surface area contributed by atoms with Gasteiger partial charge >= 0.3 is 5.97 Å². The summed E-state index contributed by atoms with van der Waals surface area (Å²) in [4.78, 5) is 18.2. The third-order valence-electron chi connectivity index (χ3n) is 2.87. The van der Waals surface area contributed by atoms with Gasteiger partial charge in [-0.25, -0.2) is 14.8 Å². The van der Waals surface area contributed by atoms with E-state index in [-0.39, 0.29) is 0 Å². The highest BCUT2D eigenvalue weighted by Gasteiger charge is 2.13. The Morgan fingerprint density at radius 3 is 3.00 bits per heavy atom. The Hall–Kier alpha value is -2.13. The van der Waals surface area contributed by atoms with Gasteiger partial charge in [-0.3, -0.25) is 0 Å². The highest BCUT2D eigenvalue weighted by atomic mass is 16.5. The van der Waals surface area contributed by atoms with Gasteiger partial charge in [0.1, 0.15) is 12.0 Å². The van der Waals surface area contributed by atoms with Gasteiger partial charge in [-0.1, -0.05) is 0 Å². The minimum absolute atomic E-state index is 0.345. The van der Waals surface area contributed by atoms with Gasteiger partial charge in [0.15, 0.2) is 0 Å². The number of rotatable bonds is 3. The van der Waals surface area contributed by atoms with Gasteiger partial charge in [0.2, 0.25) is 5.88 Å². The number of nitrogens with zero attached hydrogens (tertiary/aromatic N) is 2. The van der Waals surface area contributed by atoms with Crippen LogP contribution in [0, 0.1) is 17.8 Å². The van der Waals surface area contributed by atoms with E-state index in [1.165, 1.54) is 6.33 Å². The summed E-state index contributed by atoms with van der Waals surface area (Å²) in [5, 5.41) is 11.8. The average molecular weight is 261 g/mol. The quantitative estimate of drug-likeness (QED) is 0.761. The maximum absolute atomic E-state index is 10.3. The lowest BCUT2D eigenvalue weighted by atomic mass is 9.99. The Morgan fingerprint density at radius 1 is 1.47 bits per heavy atom. The van der Waals surface area contributed by atoms with E-state index in [9.17, 15) is 4.79 Å². The van der Waals surface area contributed by atoms with Crippen molar-refractivity contribution in [3.63, 3.8) is 0 Å². The molecule has 2 heterocycles. The van der Waals surface area contributed by atoms with Crippen LogP contribution in [0.15, 0.2) is 12.4 Å². The van der Waals surface area contributed by atoms with Crippen LogP contribution < -0.4 is 10.1 Å². The van der Waals surface area contributed by atoms with Crippen molar-refractivity contribution in [1.29, 1.82) is 0 Å². The number of carbonyl (C=O) groups is 1. The summed E-state index contributed by atoms with van der Waals surface area (Å²) >= 11 is 0. The number of hydrogen-bond donors (Lipinski definition) is 2. The fourth-order valence-corrected chi connectivity index (χ4v) is 1.86. The molecule has 0 aromatic carbocycles. The van der Waals surface area contributed by atoms with Crippen LogP contribution in [0.1, 0.15) is 18.5 Å². The van der Waals surface area contributed by atoms with E-state index >= 15 is 0 Å². The van der Waals surface area contributed by atoms with E-state index < -0.39 is 5.97 Å². The second-order valence-electron chi connectivity index (χ2n) is 4.30. The predicted molar refractivity (Wildman–Crippen MR) is 67.6 cm³/mol. The zero-order chi connectivity index (χ0) is 13.5. The minimum Gasteiger partial charge on any atom is -0.477 e. The van der Waals surface area contributed by atoms with Crippen LogP contribution in [0.5, 0.6) is 5.88 Å². The summed E-state index contributed by atoms with van der Waals surface area (Å²) in [5.74, 6) is 4.22. The van der Waals surface area contributed by atoms with Gasteiger partial charge in [0.05, 0.1) is 6.61 Å². The van der Waals surface area contributed by atoms with Crippen LogP contribution in [0.2, 0.25) is 0 Å². The Kier molecular flexibility index (Phi) is 4.70. The van der Waals surface area contributed by atoms with Crippen molar-refractivity contribution >= 4 is 5.97 Å². The van der Waals surface area contributed by atoms with Gasteiger partial charge in [-0.05, 0) is 37.8 Å². The fraction of sp³-hybridized carbons (Fsp3) is 0.462. The monoisotopic (exact) mass is 261 g/mol. The predicted octanol–water partition coefficient (Wildman–Crippen LogP) is 0.291. The first kappa shape index (κ1) is 13.3. The Labute approximate surface area is 111 Å². The molecular formula is C13H15N3O3. The molecule has 1 saturated heterocycles. The molecule has 0 bridgehead atoms. The third kappa shape index (κ3) is 4.56. The molecule has 100 valence electrons. The summed E-state index contributed by atoms with van der Waals surface area (Å²) in [6.07, 6.45) is 3.51. The molecule has 0 spiro atoms. The van der Waals surface area contributed by atoms with Gasteiger partial charge in [-0.2, -0.15) is 0 Å². The van der Waals surface area contributed by atoms with Crippen molar-refractivity contribution in [3.05, 3.63) is 18.1 Å². The maximum Gasteiger partial charge on any atom is 0.382 e. The van der Waals surface area contributed by atoms with Crippen LogP contribution in [0.4, 0.5) is 0 Å². The number of ether oxygens (including phenoxy) is 1. The van der Waals surface area contributed by atoms with Crippen LogP contribution in [0.25, 0.3) is 0 Å². The molecule has 0 saturated carbocycles. The first-order chi connectivity index (χ1) is 9.24. The number of aliphatic carboxylic acids is 1. The molecule has 6 nitrogen and oxygen atoms in total. The molecule has 2 rings (SSSR count). The molecule has 0 radical (unpaired) electrons. The average Bonchev–Trinajstić information content (AvgIpc) is 2.44. The highest BCUT2D eigenvalue weighted by molar-refractivity contribution is 5.87. The number of hydrogen-bond acceptors (Lipinski definition) is 5. The van der Waals surface area contributed by atoms with Crippen LogP contribution >= 0.6 is 0 Å². The van der Waals surface area contributed by atoms with Crippen molar-refractivity contribution in [2.75, 3.05) is 19.7 Å². The molecule has 1 fully saturated rings. The number of piperidine rings is 1. The molecular weight excluding hydrogens is 246 g/mol. The Morgan fingerprint density at radius 2 is 2.26 bits per heavy atom. The molecule has 2 N–H and O–H groups in total. The Bertz CT molecular complexity index is 501. The van der Waals surface area contributed by atoms with Gasteiger partial charge in [-0.15, -0.1) is 0 Å². The van der Waals surface area contributed by atoms with E-state index in [1.54, 1.807) is 6.07 Å². The molecule has 19 heavy (non-hydrogen) atoms. The summed E-state index contributed by atoms with van der Waals surface area (Å²) < 4.78 is 5.60. The van der Waals surface area contributed by atoms with Crippen molar-refractivity contribution in [2.45, 2.75) is 12.8 Å². The normalized spacial score (nSPS) is 15.4. The van der Waals surface area contributed by atoms with E-state index in [0.717, 1.165) is 25.9 Å². The second kappa shape index (κ2) is 6.71. The number of carboxylic acid groups (broad SMARTS) is 1. The molecule has 1 aromatic heterocycles. The Balaban J connectivity index is 1.91. The highest BCUT2D eigenvalue weighted by Crippen LogP contribution is 2.14. The number of aromatic nitrogens is 2. The molecule has 6 heteroatoms. The van der Waals surface area contributed by atoms with Gasteiger partial charge in [0, 0.05) is 12.0 Å². The van der Waals surface area contributed by atoms with Crippen molar-refractivity contribution in [3.8, 4) is 17.7 Å². The van der Waals surface area contributed by atoms with E-state index in [4.69, 9.17) is 9.84 Å². The van der Waals surface area contributed by atoms with Crippen LogP contribution in [0.3, 0.4) is 0 Å². The second-order valence-corrected chi connectivity index (χ2v) is 4.30. The lowest BCUT2D eigenvalue weighted by Gasteiger charge is -2.22. The number of carboxylic acids is 1. The van der Waals surface area contributed by atoms with Crippen molar-refractivity contribution < 1.29 is 14.6 Å². The molecule has 1 aliphatic rings. The zero-order valence-electron chi connectivity index (χ0n) is 10.4. The van der Waals surface area contributed by atoms with E-state index in [0.29, 0.717) is 24.1 Å². The minimum atomic E-state index is -1.18. The SMILES string of the molecule is O=C(O)C#Cc1cc(OCC2CCNCC2)ncn1. The lowest BCUT2D eigenvalue weighted by molar-refractivity contribution is -0.130. The third-order valence-corrected chi connectivity index (χ3v) is 2.87. The van der Waals surface area contributed by atoms with E-state index in [1.807, 2.05) is 5.92 Å². The molecule has 0 aliphatic carbocycles. The van der Waals surface area contributed by atoms with Crippen LogP contribution in [-0.4, -0.2) is 40.7 Å². The van der Waals surface area contributed by atoms with Gasteiger partial charge in [0.25, 0.3) is 0 Å². The van der Waals surface area contributed by atoms with Crippen molar-refractivity contribution in [2.24, 2.45) is 5.92 Å². The molecule has 1 aromatic rings. The number of nitrogens with one attached hydrogen (secondary N) is 1. The molecule has 1 aliphatic heterocycles. The lowest BCUT2D eigenvalue weighted by Crippen LogP contribution is -2.30. The van der Waals surface area contributed by atoms with Gasteiger partial charge < -0.3 is 15.2 Å². The summed E-state index contributed by atoms with van der Waals surface area (Å²) in [6, 6.07) is 1.55. The van der Waals surface area contributed by atoms with E-state index in [2.05, 4.69) is 21.2 Å². The summed E-state index contributed by atoms with van der Waals surface area (Å²) in [5.41, 5.74) is 0.345. The first-order valence-electron chi connectivity index (χ1n) is 6.14. The molecule has 0 unspecified atom stereocenters. The largest absolute Gasteiger partial charge is 0.477 e. The molecule has 0 amide bonds. The van der Waals surface area contributed by atoms with Crippen LogP contribution in [-0.2, 0) is 4.79 Å². The fourth-order valence-electron chi connectivity index (χ4n) is 1.86. The summed E-state index contributed by atoms with van der Waals surface area (Å²) in [7, 11) is 0. The zero-order valence-corrected chi connectivity index (χ0v) is 10.4. The maximum atomic E-state index is 10.3. The topological polar surface area (TPSA) is 84.3 Å². The standard InChI is InChI=1S/C13H15N3O3/c17-13(18)2-1-11-7-12(16-9-15-11)19-8-10-3-5-14-6-4-10/h7,9-10,14H,3-6,8H2,(H,17,18). The smallest absolute Gasteiger partial charge is 0.382 e.